The lowest BCUT2D eigenvalue weighted by Crippen LogP contribution is -2.04. The Morgan fingerprint density at radius 2 is 1.73 bits per heavy atom. The molecule has 1 heterocycles. The lowest BCUT2D eigenvalue weighted by Gasteiger charge is -2.07. The van der Waals surface area contributed by atoms with Crippen molar-refractivity contribution in [1.29, 1.82) is 0 Å². The van der Waals surface area contributed by atoms with Crippen LogP contribution < -0.4 is 0 Å². The summed E-state index contributed by atoms with van der Waals surface area (Å²) in [6.45, 7) is 0. The van der Waals surface area contributed by atoms with Crippen LogP contribution in [-0.4, -0.2) is 20.5 Å². The van der Waals surface area contributed by atoms with Crippen LogP contribution in [-0.2, 0) is 0 Å². The molecule has 0 aliphatic carbocycles. The first-order valence-electron chi connectivity index (χ1n) is 6.66. The van der Waals surface area contributed by atoms with Gasteiger partial charge in [0.1, 0.15) is 12.7 Å². The van der Waals surface area contributed by atoms with Gasteiger partial charge < -0.3 is 0 Å². The highest BCUT2D eigenvalue weighted by atomic mass is 35.5. The van der Waals surface area contributed by atoms with Crippen LogP contribution in [0.3, 0.4) is 0 Å². The Balaban J connectivity index is 2.02. The van der Waals surface area contributed by atoms with Gasteiger partial charge in [-0.05, 0) is 24.3 Å². The Labute approximate surface area is 132 Å². The number of allylic oxidation sites excluding steroid dienone is 1. The third-order valence-electron chi connectivity index (χ3n) is 3.13. The summed E-state index contributed by atoms with van der Waals surface area (Å²) >= 11 is 5.85. The van der Waals surface area contributed by atoms with E-state index in [0.717, 1.165) is 5.56 Å². The van der Waals surface area contributed by atoms with Crippen molar-refractivity contribution in [3.05, 3.63) is 89.5 Å². The molecule has 0 aliphatic rings. The number of ketones is 1. The molecule has 2 aromatic carbocycles. The smallest absolute Gasteiger partial charge is 0.188 e. The second kappa shape index (κ2) is 6.37. The van der Waals surface area contributed by atoms with Crippen molar-refractivity contribution in [1.82, 2.24) is 14.8 Å². The van der Waals surface area contributed by atoms with E-state index in [1.54, 1.807) is 41.4 Å². The fourth-order valence-corrected chi connectivity index (χ4v) is 2.17. The van der Waals surface area contributed by atoms with Crippen molar-refractivity contribution in [3.8, 4) is 0 Å². The molecule has 0 amide bonds. The van der Waals surface area contributed by atoms with Crippen molar-refractivity contribution in [3.63, 3.8) is 0 Å². The van der Waals surface area contributed by atoms with Crippen LogP contribution in [0.25, 0.3) is 5.70 Å². The van der Waals surface area contributed by atoms with Crippen LogP contribution >= 0.6 is 11.6 Å². The maximum Gasteiger partial charge on any atom is 0.188 e. The van der Waals surface area contributed by atoms with Crippen LogP contribution in [0, 0.1) is 0 Å². The minimum Gasteiger partial charge on any atom is -0.289 e. The van der Waals surface area contributed by atoms with Gasteiger partial charge in [-0.3, -0.25) is 4.79 Å². The molecule has 1 aromatic heterocycles. The van der Waals surface area contributed by atoms with E-state index in [0.29, 0.717) is 16.3 Å². The Morgan fingerprint density at radius 3 is 2.36 bits per heavy atom. The van der Waals surface area contributed by atoms with Gasteiger partial charge >= 0.3 is 0 Å². The number of aromatic nitrogens is 3. The molecule has 0 bridgehead atoms. The minimum atomic E-state index is -0.119. The third-order valence-corrected chi connectivity index (χ3v) is 3.38. The second-order valence-electron chi connectivity index (χ2n) is 4.61. The normalized spacial score (nSPS) is 11.4. The van der Waals surface area contributed by atoms with Gasteiger partial charge in [-0.25, -0.2) is 9.67 Å². The van der Waals surface area contributed by atoms with Gasteiger partial charge in [0.05, 0.1) is 5.70 Å². The van der Waals surface area contributed by atoms with Crippen LogP contribution in [0.5, 0.6) is 0 Å². The summed E-state index contributed by atoms with van der Waals surface area (Å²) in [5.41, 5.74) is 2.12. The largest absolute Gasteiger partial charge is 0.289 e. The van der Waals surface area contributed by atoms with E-state index < -0.39 is 0 Å². The highest BCUT2D eigenvalue weighted by Gasteiger charge is 2.09. The zero-order valence-corrected chi connectivity index (χ0v) is 12.3. The van der Waals surface area contributed by atoms with Crippen molar-refractivity contribution >= 4 is 23.1 Å². The molecule has 0 spiro atoms. The van der Waals surface area contributed by atoms with Gasteiger partial charge in [0.15, 0.2) is 5.78 Å². The van der Waals surface area contributed by atoms with E-state index >= 15 is 0 Å². The summed E-state index contributed by atoms with van der Waals surface area (Å²) in [6.07, 6.45) is 4.55. The maximum atomic E-state index is 12.5. The summed E-state index contributed by atoms with van der Waals surface area (Å²) in [7, 11) is 0. The van der Waals surface area contributed by atoms with Gasteiger partial charge in [-0.15, -0.1) is 0 Å². The Hall–Kier alpha value is -2.72. The summed E-state index contributed by atoms with van der Waals surface area (Å²) in [4.78, 5) is 16.4. The van der Waals surface area contributed by atoms with Gasteiger partial charge in [-0.1, -0.05) is 41.9 Å². The fourth-order valence-electron chi connectivity index (χ4n) is 2.04. The maximum absolute atomic E-state index is 12.5. The number of nitrogens with zero attached hydrogens (tertiary/aromatic N) is 3. The van der Waals surface area contributed by atoms with Crippen molar-refractivity contribution in [2.45, 2.75) is 0 Å². The molecule has 0 saturated heterocycles. The molecular formula is C17H12ClN3O. The monoisotopic (exact) mass is 309 g/mol. The van der Waals surface area contributed by atoms with Gasteiger partial charge in [0, 0.05) is 22.2 Å². The zero-order valence-electron chi connectivity index (χ0n) is 11.6. The van der Waals surface area contributed by atoms with E-state index in [1.807, 2.05) is 30.3 Å². The molecule has 3 rings (SSSR count). The predicted molar refractivity (Wildman–Crippen MR) is 85.6 cm³/mol. The van der Waals surface area contributed by atoms with Gasteiger partial charge in [0.25, 0.3) is 0 Å². The number of carbonyl (C=O) groups excluding carboxylic acids is 1. The second-order valence-corrected chi connectivity index (χ2v) is 5.04. The van der Waals surface area contributed by atoms with E-state index in [1.165, 1.54) is 6.33 Å². The highest BCUT2D eigenvalue weighted by molar-refractivity contribution is 6.30. The van der Waals surface area contributed by atoms with Crippen LogP contribution in [0.15, 0.2) is 73.3 Å². The summed E-state index contributed by atoms with van der Waals surface area (Å²) in [5.74, 6) is -0.119. The Morgan fingerprint density at radius 1 is 1.00 bits per heavy atom. The van der Waals surface area contributed by atoms with E-state index in [9.17, 15) is 4.79 Å². The lowest BCUT2D eigenvalue weighted by atomic mass is 10.1. The molecule has 4 nitrogen and oxygen atoms in total. The number of carbonyl (C=O) groups is 1. The molecule has 3 aromatic rings. The minimum absolute atomic E-state index is 0.119. The van der Waals surface area contributed by atoms with E-state index in [-0.39, 0.29) is 5.78 Å². The van der Waals surface area contributed by atoms with Crippen molar-refractivity contribution in [2.24, 2.45) is 0 Å². The molecule has 0 unspecified atom stereocenters. The molecule has 5 heteroatoms. The quantitative estimate of drug-likeness (QED) is 0.545. The molecule has 0 aliphatic heterocycles. The molecule has 0 fully saturated rings. The highest BCUT2D eigenvalue weighted by Crippen LogP contribution is 2.17. The molecule has 0 saturated carbocycles. The lowest BCUT2D eigenvalue weighted by molar-refractivity contribution is 0.104. The van der Waals surface area contributed by atoms with Gasteiger partial charge in [0.2, 0.25) is 0 Å². The molecule has 108 valence electrons. The number of halogens is 1. The standard InChI is InChI=1S/C17H12ClN3O/c18-15-8-6-14(7-9-15)17(22)10-16(21-12-19-11-20-21)13-4-2-1-3-5-13/h1-12H/b16-10+. The van der Waals surface area contributed by atoms with Crippen LogP contribution in [0.1, 0.15) is 15.9 Å². The number of benzene rings is 2. The van der Waals surface area contributed by atoms with Crippen LogP contribution in [0.4, 0.5) is 0 Å². The number of hydrogen-bond donors (Lipinski definition) is 0. The average Bonchev–Trinajstić information content (AvgIpc) is 3.08. The first-order chi connectivity index (χ1) is 10.7. The molecule has 0 radical (unpaired) electrons. The van der Waals surface area contributed by atoms with E-state index in [4.69, 9.17) is 11.6 Å². The number of hydrogen-bond acceptors (Lipinski definition) is 3. The topological polar surface area (TPSA) is 47.8 Å². The summed E-state index contributed by atoms with van der Waals surface area (Å²) in [6, 6.07) is 16.4. The predicted octanol–water partition coefficient (Wildman–Crippen LogP) is 3.70. The Bertz CT molecular complexity index is 794. The summed E-state index contributed by atoms with van der Waals surface area (Å²) < 4.78 is 1.57. The van der Waals surface area contributed by atoms with Crippen molar-refractivity contribution in [2.75, 3.05) is 0 Å². The average molecular weight is 310 g/mol. The van der Waals surface area contributed by atoms with Crippen LogP contribution in [0.2, 0.25) is 5.02 Å². The first-order valence-corrected chi connectivity index (χ1v) is 7.04. The molecular weight excluding hydrogens is 298 g/mol. The Kier molecular flexibility index (Phi) is 4.12. The SMILES string of the molecule is O=C(/C=C(\c1ccccc1)n1cncn1)c1ccc(Cl)cc1. The number of rotatable bonds is 4. The molecule has 22 heavy (non-hydrogen) atoms. The van der Waals surface area contributed by atoms with Crippen molar-refractivity contribution < 1.29 is 4.79 Å². The van der Waals surface area contributed by atoms with Gasteiger partial charge in [-0.2, -0.15) is 5.10 Å². The fraction of sp³-hybridized carbons (Fsp3) is 0. The van der Waals surface area contributed by atoms with E-state index in [2.05, 4.69) is 10.1 Å². The molecule has 0 N–H and O–H groups in total. The summed E-state index contributed by atoms with van der Waals surface area (Å²) in [5, 5.41) is 4.72. The molecule has 0 atom stereocenters. The third kappa shape index (κ3) is 3.13. The first kappa shape index (κ1) is 14.2. The zero-order chi connectivity index (χ0) is 15.4.